The lowest BCUT2D eigenvalue weighted by atomic mass is 9.91. The van der Waals surface area contributed by atoms with Crippen LogP contribution in [0.25, 0.3) is 0 Å². The largest absolute Gasteiger partial charge is 0.496 e. The average Bonchev–Trinajstić information content (AvgIpc) is 3.36. The molecule has 0 saturated carbocycles. The van der Waals surface area contributed by atoms with Crippen molar-refractivity contribution in [1.82, 2.24) is 14.8 Å². The molecule has 0 N–H and O–H groups in total. The second-order valence-electron chi connectivity index (χ2n) is 11.2. The third kappa shape index (κ3) is 7.59. The molecule has 9 heteroatoms. The van der Waals surface area contributed by atoms with E-state index in [-0.39, 0.29) is 29.8 Å². The summed E-state index contributed by atoms with van der Waals surface area (Å²) in [6.07, 6.45) is 0.840. The van der Waals surface area contributed by atoms with Crippen LogP contribution in [-0.4, -0.2) is 85.4 Å². The van der Waals surface area contributed by atoms with Gasteiger partial charge in [0.05, 0.1) is 32.1 Å². The SMILES string of the molecule is COc1ccccc1C1CC(c2ccccc2Cl)=NN1C(=O)CN(CCN1CCOCC1)C(=O)CC(C)(C)C. The summed E-state index contributed by atoms with van der Waals surface area (Å²) in [5, 5.41) is 6.88. The number of carbonyl (C=O) groups excluding carboxylic acids is 2. The van der Waals surface area contributed by atoms with Gasteiger partial charge >= 0.3 is 0 Å². The Hall–Kier alpha value is -2.94. The first kappa shape index (κ1) is 29.1. The van der Waals surface area contributed by atoms with Gasteiger partial charge in [0, 0.05) is 55.2 Å². The fraction of sp³-hybridized carbons (Fsp3) is 0.500. The molecule has 2 heterocycles. The van der Waals surface area contributed by atoms with Crippen molar-refractivity contribution < 1.29 is 19.1 Å². The van der Waals surface area contributed by atoms with Crippen LogP contribution in [0, 0.1) is 5.41 Å². The number of para-hydroxylation sites is 1. The molecule has 2 aromatic rings. The molecule has 0 aliphatic carbocycles. The summed E-state index contributed by atoms with van der Waals surface area (Å²) in [5.41, 5.74) is 2.19. The van der Waals surface area contributed by atoms with Crippen LogP contribution in [0.2, 0.25) is 5.02 Å². The van der Waals surface area contributed by atoms with Crippen molar-refractivity contribution in [2.75, 3.05) is 53.0 Å². The van der Waals surface area contributed by atoms with Gasteiger partial charge in [0.15, 0.2) is 0 Å². The highest BCUT2D eigenvalue weighted by molar-refractivity contribution is 6.34. The molecule has 1 fully saturated rings. The van der Waals surface area contributed by atoms with Crippen molar-refractivity contribution in [2.24, 2.45) is 10.5 Å². The number of hydrogen-bond acceptors (Lipinski definition) is 6. The van der Waals surface area contributed by atoms with Crippen LogP contribution in [0.15, 0.2) is 53.6 Å². The van der Waals surface area contributed by atoms with Gasteiger partial charge in [0.1, 0.15) is 12.3 Å². The lowest BCUT2D eigenvalue weighted by Gasteiger charge is -2.32. The van der Waals surface area contributed by atoms with Crippen molar-refractivity contribution in [3.05, 3.63) is 64.7 Å². The van der Waals surface area contributed by atoms with E-state index >= 15 is 0 Å². The predicted molar refractivity (Wildman–Crippen MR) is 153 cm³/mol. The second kappa shape index (κ2) is 12.9. The predicted octanol–water partition coefficient (Wildman–Crippen LogP) is 4.62. The minimum Gasteiger partial charge on any atom is -0.496 e. The smallest absolute Gasteiger partial charge is 0.262 e. The summed E-state index contributed by atoms with van der Waals surface area (Å²) < 4.78 is 11.1. The van der Waals surface area contributed by atoms with E-state index in [0.29, 0.717) is 49.9 Å². The molecule has 2 aliphatic rings. The molecule has 0 aromatic heterocycles. The zero-order valence-electron chi connectivity index (χ0n) is 23.4. The maximum Gasteiger partial charge on any atom is 0.262 e. The van der Waals surface area contributed by atoms with Crippen molar-refractivity contribution in [1.29, 1.82) is 0 Å². The fourth-order valence-corrected chi connectivity index (χ4v) is 5.21. The van der Waals surface area contributed by atoms with Crippen LogP contribution in [-0.2, 0) is 14.3 Å². The summed E-state index contributed by atoms with van der Waals surface area (Å²) in [6, 6.07) is 14.8. The van der Waals surface area contributed by atoms with Gasteiger partial charge in [-0.05, 0) is 17.5 Å². The summed E-state index contributed by atoms with van der Waals surface area (Å²) in [7, 11) is 1.62. The highest BCUT2D eigenvalue weighted by atomic mass is 35.5. The molecule has 1 unspecified atom stereocenters. The maximum atomic E-state index is 13.9. The number of ether oxygens (including phenoxy) is 2. The Morgan fingerprint density at radius 2 is 1.79 bits per heavy atom. The van der Waals surface area contributed by atoms with E-state index in [1.807, 2.05) is 69.3 Å². The van der Waals surface area contributed by atoms with E-state index in [9.17, 15) is 9.59 Å². The summed E-state index contributed by atoms with van der Waals surface area (Å²) in [4.78, 5) is 31.3. The summed E-state index contributed by atoms with van der Waals surface area (Å²) >= 11 is 6.51. The van der Waals surface area contributed by atoms with Crippen LogP contribution in [0.4, 0.5) is 0 Å². The van der Waals surface area contributed by atoms with Crippen molar-refractivity contribution in [3.63, 3.8) is 0 Å². The summed E-state index contributed by atoms with van der Waals surface area (Å²) in [5.74, 6) is 0.411. The van der Waals surface area contributed by atoms with E-state index in [1.165, 1.54) is 5.01 Å². The number of hydrazone groups is 1. The van der Waals surface area contributed by atoms with Crippen LogP contribution in [0.3, 0.4) is 0 Å². The lowest BCUT2D eigenvalue weighted by molar-refractivity contribution is -0.142. The Morgan fingerprint density at radius 3 is 2.49 bits per heavy atom. The van der Waals surface area contributed by atoms with Gasteiger partial charge in [-0.2, -0.15) is 5.10 Å². The Bertz CT molecular complexity index is 1190. The van der Waals surface area contributed by atoms with Gasteiger partial charge < -0.3 is 14.4 Å². The van der Waals surface area contributed by atoms with Crippen LogP contribution in [0.1, 0.15) is 50.8 Å². The number of amides is 2. The van der Waals surface area contributed by atoms with Crippen molar-refractivity contribution >= 4 is 29.1 Å². The number of halogens is 1. The maximum absolute atomic E-state index is 13.9. The highest BCUT2D eigenvalue weighted by Gasteiger charge is 2.36. The van der Waals surface area contributed by atoms with Gasteiger partial charge in [0.25, 0.3) is 5.91 Å². The first-order chi connectivity index (χ1) is 18.7. The number of morpholine rings is 1. The molecule has 0 bridgehead atoms. The van der Waals surface area contributed by atoms with Gasteiger partial charge in [-0.3, -0.25) is 14.5 Å². The Balaban J connectivity index is 1.61. The zero-order valence-corrected chi connectivity index (χ0v) is 24.1. The molecule has 0 radical (unpaired) electrons. The Kier molecular flexibility index (Phi) is 9.64. The molecule has 210 valence electrons. The third-order valence-electron chi connectivity index (χ3n) is 7.00. The lowest BCUT2D eigenvalue weighted by Crippen LogP contribution is -2.47. The monoisotopic (exact) mass is 554 g/mol. The molecule has 2 amide bonds. The second-order valence-corrected chi connectivity index (χ2v) is 11.6. The normalized spacial score (nSPS) is 18.1. The van der Waals surface area contributed by atoms with Gasteiger partial charge in [-0.25, -0.2) is 5.01 Å². The molecule has 2 aliphatic heterocycles. The van der Waals surface area contributed by atoms with Crippen LogP contribution < -0.4 is 4.74 Å². The molecule has 39 heavy (non-hydrogen) atoms. The molecule has 0 spiro atoms. The van der Waals surface area contributed by atoms with Gasteiger partial charge in [-0.15, -0.1) is 0 Å². The highest BCUT2D eigenvalue weighted by Crippen LogP contribution is 2.38. The number of methoxy groups -OCH3 is 1. The minimum absolute atomic E-state index is 0.0348. The first-order valence-corrected chi connectivity index (χ1v) is 13.9. The minimum atomic E-state index is -0.376. The van der Waals surface area contributed by atoms with E-state index < -0.39 is 0 Å². The number of benzene rings is 2. The van der Waals surface area contributed by atoms with E-state index in [4.69, 9.17) is 26.2 Å². The zero-order chi connectivity index (χ0) is 28.0. The number of nitrogens with zero attached hydrogens (tertiary/aromatic N) is 4. The van der Waals surface area contributed by atoms with Crippen LogP contribution in [0.5, 0.6) is 5.75 Å². The fourth-order valence-electron chi connectivity index (χ4n) is 4.96. The van der Waals surface area contributed by atoms with E-state index in [1.54, 1.807) is 12.0 Å². The molecule has 2 aromatic carbocycles. The number of rotatable bonds is 9. The van der Waals surface area contributed by atoms with Gasteiger partial charge in [-0.1, -0.05) is 68.8 Å². The average molecular weight is 555 g/mol. The van der Waals surface area contributed by atoms with Crippen LogP contribution >= 0.6 is 11.6 Å². The molecule has 4 rings (SSSR count). The van der Waals surface area contributed by atoms with Crippen molar-refractivity contribution in [3.8, 4) is 5.75 Å². The van der Waals surface area contributed by atoms with Crippen molar-refractivity contribution in [2.45, 2.75) is 39.7 Å². The topological polar surface area (TPSA) is 74.7 Å². The van der Waals surface area contributed by atoms with E-state index in [2.05, 4.69) is 4.90 Å². The van der Waals surface area contributed by atoms with Gasteiger partial charge in [0.2, 0.25) is 5.91 Å². The molecule has 8 nitrogen and oxygen atoms in total. The summed E-state index contributed by atoms with van der Waals surface area (Å²) in [6.45, 7) is 10.2. The molecular weight excluding hydrogens is 516 g/mol. The Labute approximate surface area is 236 Å². The third-order valence-corrected chi connectivity index (χ3v) is 7.33. The quantitative estimate of drug-likeness (QED) is 0.452. The first-order valence-electron chi connectivity index (χ1n) is 13.5. The molecule has 1 saturated heterocycles. The molecule has 1 atom stereocenters. The van der Waals surface area contributed by atoms with E-state index in [0.717, 1.165) is 29.9 Å². The number of hydrogen-bond donors (Lipinski definition) is 0. The standard InChI is InChI=1S/C30H39ClN4O4/c1-30(2,3)20-28(36)34(14-13-33-15-17-39-18-16-33)21-29(37)35-26(23-10-6-8-12-27(23)38-4)19-25(32-35)22-9-5-7-11-24(22)31/h5-12,26H,13-21H2,1-4H3. The Morgan fingerprint density at radius 1 is 1.10 bits per heavy atom. The molecular formula is C30H39ClN4O4. The number of carbonyl (C=O) groups is 2.